The van der Waals surface area contributed by atoms with Gasteiger partial charge in [-0.15, -0.1) is 5.60 Å². The van der Waals surface area contributed by atoms with Crippen molar-refractivity contribution in [2.75, 3.05) is 20.0 Å². The van der Waals surface area contributed by atoms with Crippen LogP contribution in [0.5, 0.6) is 5.75 Å². The molecule has 4 aromatic heterocycles. The molecule has 2 amide bonds. The molecule has 0 fully saturated rings. The van der Waals surface area contributed by atoms with Crippen LogP contribution in [0.25, 0.3) is 44.0 Å². The molecule has 0 spiro atoms. The number of benzene rings is 4. The fraction of sp³-hybridized carbons (Fsp3) is 0.163. The minimum atomic E-state index is -3.22. The molecule has 9 rings (SSSR count). The Hall–Kier alpha value is -3.73. The largest absolute Gasteiger partial charge is 1.00 e. The van der Waals surface area contributed by atoms with Crippen molar-refractivity contribution in [3.05, 3.63) is 126 Å². The van der Waals surface area contributed by atoms with Crippen molar-refractivity contribution in [2.24, 2.45) is 0 Å². The van der Waals surface area contributed by atoms with Crippen molar-refractivity contribution in [3.8, 4) is 11.8 Å². The molecule has 5 heterocycles. The molecule has 8 aromatic rings. The number of hydrogen-bond donors (Lipinski definition) is 3. The number of nitrogens with one attached hydrogen (secondary N) is 1. The first-order valence-corrected chi connectivity index (χ1v) is 25.2. The quantitative estimate of drug-likeness (QED) is 0.0345. The molecule has 0 bridgehead atoms. The number of aromatic nitrogens is 2. The Labute approximate surface area is 465 Å². The SMILES string of the molecule is CC(C)(C)[O-].COC(=O)c1oc2cc(Cl)ccc2c1N.Clc1ccc2c(c1)oc1c(Cl)nc(Cl)nc12.N#Cc1ccc(Cl)cc1O.O=C1Cc2c(oc3cc(Cl)ccc23)C(=O)N1.O=P(Cl)(Cl)Cl.[2H]CF.[Na+]. The number of carbonyl (C=O) groups excluding carboxylic acids is 3. The van der Waals surface area contributed by atoms with Gasteiger partial charge in [-0.2, -0.15) is 5.26 Å². The third-order valence-electron chi connectivity index (χ3n) is 7.90. The number of esters is 1. The van der Waals surface area contributed by atoms with Gasteiger partial charge in [-0.3, -0.25) is 23.9 Å². The van der Waals surface area contributed by atoms with E-state index in [1.807, 2.05) is 12.1 Å². The number of rotatable bonds is 1. The number of ether oxygens (including phenoxy) is 1. The summed E-state index contributed by atoms with van der Waals surface area (Å²) in [6, 6.07) is 21.5. The van der Waals surface area contributed by atoms with Crippen LogP contribution < -0.4 is 45.7 Å². The van der Waals surface area contributed by atoms with Crippen LogP contribution in [0.3, 0.4) is 0 Å². The molecule has 0 radical (unpaired) electrons. The zero-order valence-corrected chi connectivity index (χ0v) is 46.3. The van der Waals surface area contributed by atoms with Crippen LogP contribution in [0.2, 0.25) is 30.5 Å². The Morgan fingerprint density at radius 1 is 0.871 bits per heavy atom. The first kappa shape index (κ1) is 60.6. The first-order valence-electron chi connectivity index (χ1n) is 19.2. The normalized spacial score (nSPS) is 11.5. The number of hydrogen-bond acceptors (Lipinski definition) is 14. The van der Waals surface area contributed by atoms with Gasteiger partial charge in [0.2, 0.25) is 17.0 Å². The molecule has 366 valence electrons. The maximum Gasteiger partial charge on any atom is 1.00 e. The molecule has 0 unspecified atom stereocenters. The van der Waals surface area contributed by atoms with Crippen LogP contribution in [-0.2, 0) is 20.5 Å². The minimum Gasteiger partial charge on any atom is -0.850 e. The third kappa shape index (κ3) is 19.0. The van der Waals surface area contributed by atoms with E-state index in [-0.39, 0.29) is 80.8 Å². The van der Waals surface area contributed by atoms with Crippen LogP contribution in [0, 0.1) is 11.3 Å². The van der Waals surface area contributed by atoms with Crippen molar-refractivity contribution in [1.82, 2.24) is 15.3 Å². The number of nitriles is 1. The van der Waals surface area contributed by atoms with E-state index < -0.39 is 29.8 Å². The Balaban J connectivity index is 0.000000301. The zero-order chi connectivity index (χ0) is 52.8. The molecule has 1 aliphatic rings. The van der Waals surface area contributed by atoms with E-state index in [1.54, 1.807) is 75.4 Å². The predicted molar refractivity (Wildman–Crippen MR) is 268 cm³/mol. The molecular weight excluding hydrogens is 1140 g/mol. The molecule has 27 heteroatoms. The van der Waals surface area contributed by atoms with E-state index in [1.165, 1.54) is 19.2 Å². The number of amides is 2. The maximum atomic E-state index is 11.5. The number of fused-ring (bicyclic) bond motifs is 7. The predicted octanol–water partition coefficient (Wildman–Crippen LogP) is 11.2. The average Bonchev–Trinajstić information content (AvgIpc) is 3.90. The summed E-state index contributed by atoms with van der Waals surface area (Å²) in [7, 11) is 0.266. The first-order chi connectivity index (χ1) is 32.6. The van der Waals surface area contributed by atoms with Crippen LogP contribution >= 0.6 is 109 Å². The van der Waals surface area contributed by atoms with E-state index in [2.05, 4.69) is 53.7 Å². The monoisotopic (exact) mass is 1170 g/mol. The van der Waals surface area contributed by atoms with Crippen molar-refractivity contribution >= 4 is 176 Å². The van der Waals surface area contributed by atoms with Crippen LogP contribution in [0.1, 0.15) is 54.4 Å². The van der Waals surface area contributed by atoms with Gasteiger partial charge in [0.15, 0.2) is 16.5 Å². The summed E-state index contributed by atoms with van der Waals surface area (Å²) in [6.07, 6.45) is 0.162. The van der Waals surface area contributed by atoms with Crippen LogP contribution in [0.4, 0.5) is 10.1 Å². The van der Waals surface area contributed by atoms with Crippen molar-refractivity contribution in [3.63, 3.8) is 0 Å². The summed E-state index contributed by atoms with van der Waals surface area (Å²) in [4.78, 5) is 41.9. The smallest absolute Gasteiger partial charge is 0.850 e. The summed E-state index contributed by atoms with van der Waals surface area (Å²) >= 11 is 48.5. The second-order valence-corrected chi connectivity index (χ2v) is 23.2. The number of carbonyl (C=O) groups is 3. The van der Waals surface area contributed by atoms with Gasteiger partial charge >= 0.3 is 40.7 Å². The minimum absolute atomic E-state index is 0. The topological polar surface area (TPSA) is 248 Å². The molecule has 1 aliphatic heterocycles. The number of aromatic hydroxyl groups is 1. The Morgan fingerprint density at radius 3 is 1.83 bits per heavy atom. The van der Waals surface area contributed by atoms with Crippen molar-refractivity contribution < 1.29 is 82.5 Å². The number of phenols is 1. The summed E-state index contributed by atoms with van der Waals surface area (Å²) in [6.45, 7) is 4.90. The summed E-state index contributed by atoms with van der Waals surface area (Å²) in [5.41, 5.74) is 8.76. The van der Waals surface area contributed by atoms with E-state index in [0.29, 0.717) is 58.9 Å². The molecule has 70 heavy (non-hydrogen) atoms. The number of phenolic OH excluding ortho intramolecular Hbond substituents is 1. The number of methoxy groups -OCH3 is 1. The molecule has 0 aliphatic carbocycles. The Morgan fingerprint density at radius 2 is 1.33 bits per heavy atom. The Bertz CT molecular complexity index is 3260. The van der Waals surface area contributed by atoms with Crippen LogP contribution in [0.15, 0.2) is 86.0 Å². The van der Waals surface area contributed by atoms with E-state index in [4.69, 9.17) is 100 Å². The number of nitrogens with zero attached hydrogens (tertiary/aromatic N) is 3. The van der Waals surface area contributed by atoms with E-state index in [9.17, 15) is 28.4 Å². The molecule has 4 aromatic carbocycles. The van der Waals surface area contributed by atoms with Gasteiger partial charge < -0.3 is 33.9 Å². The van der Waals surface area contributed by atoms with Crippen molar-refractivity contribution in [1.29, 1.82) is 5.26 Å². The number of anilines is 1. The summed E-state index contributed by atoms with van der Waals surface area (Å²) in [5.74, 6) is -1.25. The zero-order valence-electron chi connectivity index (χ0n) is 37.6. The van der Waals surface area contributed by atoms with Gasteiger partial charge in [-0.25, -0.2) is 14.8 Å². The second-order valence-electron chi connectivity index (χ2n) is 14.1. The van der Waals surface area contributed by atoms with Gasteiger partial charge in [-0.1, -0.05) is 78.8 Å². The fourth-order valence-electron chi connectivity index (χ4n) is 5.36. The van der Waals surface area contributed by atoms with Crippen molar-refractivity contribution in [2.45, 2.75) is 32.8 Å². The molecule has 0 saturated carbocycles. The second kappa shape index (κ2) is 27.9. The molecule has 4 N–H and O–H groups in total. The maximum absolute atomic E-state index is 11.5. The number of imide groups is 1. The van der Waals surface area contributed by atoms with Gasteiger partial charge in [0, 0.05) is 60.0 Å². The van der Waals surface area contributed by atoms with Gasteiger partial charge in [0.05, 0.1) is 33.3 Å². The molecule has 0 saturated heterocycles. The van der Waals surface area contributed by atoms with Crippen LogP contribution in [-0.4, -0.2) is 52.7 Å². The third-order valence-corrected chi connectivity index (χ3v) is 9.27. The molecule has 15 nitrogen and oxygen atoms in total. The fourth-order valence-corrected chi connectivity index (χ4v) is 6.43. The summed E-state index contributed by atoms with van der Waals surface area (Å²) in [5, 5.41) is 31.0. The molecule has 0 atom stereocenters. The number of furan rings is 3. The standard InChI is InChI=1S/C11H6ClNO3.C10H3Cl3N2O.C10H8ClNO3.C7H4ClNO.C4H9O.CH3F.Cl3OP.Na/c12-5-1-2-6-7-4-9(14)13-11(15)10(7)16-8(6)3-5;11-4-1-2-5-6(3-4)16-8-7(5)14-10(13)15-9(8)12;1-14-10(13)9-8(12)6-3-2-5(11)4-7(6)15-9;8-6-2-1-5(4-9)7(10)3-6;1-4(2,3)5;1-2;1-5(2,3)4;/h1-3H,4H2,(H,13,14,15);1-3H;2-4H,12H2,1H3;1-3,10H;1-3H3;1H3;;/q;;;;-1;;;+1/i;;;;;1D;;. The molecular formula is C43H33Cl9FN5NaO10P. The average molecular weight is 1170 g/mol. The van der Waals surface area contributed by atoms with E-state index >= 15 is 0 Å². The van der Waals surface area contributed by atoms with E-state index in [0.717, 1.165) is 10.8 Å². The number of nitrogen functional groups attached to an aromatic ring is 1. The van der Waals surface area contributed by atoms with Gasteiger partial charge in [-0.05, 0) is 99.9 Å². The number of nitrogens with two attached hydrogens (primary N) is 1. The Kier molecular flexibility index (Phi) is 24.2. The summed E-state index contributed by atoms with van der Waals surface area (Å²) < 4.78 is 45.7. The number of halogens is 10. The number of alkyl halides is 1. The van der Waals surface area contributed by atoms with Gasteiger partial charge in [0.1, 0.15) is 34.1 Å². The van der Waals surface area contributed by atoms with Gasteiger partial charge in [0.25, 0.3) is 5.91 Å².